The van der Waals surface area contributed by atoms with Crippen LogP contribution in [-0.4, -0.2) is 38.3 Å². The van der Waals surface area contributed by atoms with E-state index in [0.29, 0.717) is 17.9 Å². The Morgan fingerprint density at radius 2 is 1.85 bits per heavy atom. The topological polar surface area (TPSA) is 124 Å². The van der Waals surface area contributed by atoms with E-state index in [4.69, 9.17) is 27.1 Å². The van der Waals surface area contributed by atoms with Gasteiger partial charge in [0.1, 0.15) is 5.75 Å². The van der Waals surface area contributed by atoms with Crippen molar-refractivity contribution in [1.29, 1.82) is 0 Å². The molecule has 0 saturated carbocycles. The SMILES string of the molecule is NC(CO)(CCCc1ccc(Sc2cccc(O)c2)cc1Cl)CP(=O)(O)O. The van der Waals surface area contributed by atoms with Crippen LogP contribution in [0.5, 0.6) is 5.75 Å². The highest BCUT2D eigenvalue weighted by Gasteiger charge is 2.32. The molecule has 0 amide bonds. The molecule has 0 aliphatic carbocycles. The van der Waals surface area contributed by atoms with E-state index >= 15 is 0 Å². The Bertz CT molecular complexity index is 831. The first kappa shape index (κ1) is 22.2. The molecular formula is C18H23ClNO5PS. The van der Waals surface area contributed by atoms with Gasteiger partial charge >= 0.3 is 7.60 Å². The second-order valence-electron chi connectivity index (χ2n) is 6.55. The molecule has 0 heterocycles. The van der Waals surface area contributed by atoms with E-state index in [1.807, 2.05) is 24.3 Å². The van der Waals surface area contributed by atoms with Gasteiger partial charge in [-0.3, -0.25) is 4.57 Å². The van der Waals surface area contributed by atoms with E-state index < -0.39 is 25.9 Å². The smallest absolute Gasteiger partial charge is 0.327 e. The van der Waals surface area contributed by atoms with Gasteiger partial charge in [0.15, 0.2) is 0 Å². The minimum Gasteiger partial charge on any atom is -0.508 e. The molecule has 0 saturated heterocycles. The zero-order chi connectivity index (χ0) is 20.1. The van der Waals surface area contributed by atoms with E-state index in [1.165, 1.54) is 11.8 Å². The standard InChI is InChI=1S/C18H23ClNO5PS/c19-17-10-16(27-15-5-1-4-14(22)9-15)7-6-13(17)3-2-8-18(20,11-21)12-26(23,24)25/h1,4-7,9-10,21-22H,2-3,8,11-12,20H2,(H2,23,24,25). The first-order valence-electron chi connectivity index (χ1n) is 8.30. The van der Waals surface area contributed by atoms with E-state index in [9.17, 15) is 14.8 Å². The van der Waals surface area contributed by atoms with Crippen molar-refractivity contribution in [3.63, 3.8) is 0 Å². The van der Waals surface area contributed by atoms with E-state index in [-0.39, 0.29) is 12.2 Å². The maximum atomic E-state index is 11.2. The molecule has 2 rings (SSSR count). The number of halogens is 1. The minimum absolute atomic E-state index is 0.201. The van der Waals surface area contributed by atoms with Crippen LogP contribution in [0.25, 0.3) is 0 Å². The summed E-state index contributed by atoms with van der Waals surface area (Å²) in [6.07, 6.45) is 0.834. The highest BCUT2D eigenvalue weighted by Crippen LogP contribution is 2.39. The van der Waals surface area contributed by atoms with Crippen molar-refractivity contribution in [1.82, 2.24) is 0 Å². The first-order valence-corrected chi connectivity index (χ1v) is 11.3. The number of aliphatic hydroxyl groups excluding tert-OH is 1. The van der Waals surface area contributed by atoms with Crippen LogP contribution < -0.4 is 5.73 Å². The van der Waals surface area contributed by atoms with Gasteiger partial charge in [-0.1, -0.05) is 35.5 Å². The van der Waals surface area contributed by atoms with Crippen molar-refractivity contribution in [2.45, 2.75) is 34.6 Å². The van der Waals surface area contributed by atoms with Gasteiger partial charge in [0.2, 0.25) is 0 Å². The van der Waals surface area contributed by atoms with E-state index in [1.54, 1.807) is 18.2 Å². The predicted octanol–water partition coefficient (Wildman–Crippen LogP) is 3.39. The number of phenols is 1. The molecule has 6 N–H and O–H groups in total. The third-order valence-corrected chi connectivity index (χ3v) is 6.41. The fraction of sp³-hybridized carbons (Fsp3) is 0.333. The average Bonchev–Trinajstić information content (AvgIpc) is 2.55. The molecule has 9 heteroatoms. The lowest BCUT2D eigenvalue weighted by Gasteiger charge is -2.27. The second kappa shape index (κ2) is 9.43. The Labute approximate surface area is 167 Å². The summed E-state index contributed by atoms with van der Waals surface area (Å²) in [5.74, 6) is 0.201. The van der Waals surface area contributed by atoms with Crippen molar-refractivity contribution >= 4 is 31.0 Å². The van der Waals surface area contributed by atoms with Crippen molar-refractivity contribution in [2.24, 2.45) is 5.73 Å². The largest absolute Gasteiger partial charge is 0.508 e. The van der Waals surface area contributed by atoms with E-state index in [0.717, 1.165) is 15.4 Å². The highest BCUT2D eigenvalue weighted by molar-refractivity contribution is 7.99. The van der Waals surface area contributed by atoms with Crippen LogP contribution in [0.4, 0.5) is 0 Å². The lowest BCUT2D eigenvalue weighted by molar-refractivity contribution is 0.193. The Hall–Kier alpha value is -1.05. The number of aromatic hydroxyl groups is 1. The molecule has 1 unspecified atom stereocenters. The maximum absolute atomic E-state index is 11.2. The zero-order valence-corrected chi connectivity index (χ0v) is 17.1. The molecule has 6 nitrogen and oxygen atoms in total. The number of aliphatic hydroxyl groups is 1. The average molecular weight is 432 g/mol. The van der Waals surface area contributed by atoms with Gasteiger partial charge in [-0.05, 0) is 55.2 Å². The number of rotatable bonds is 9. The third-order valence-electron chi connectivity index (χ3n) is 4.03. The van der Waals surface area contributed by atoms with Gasteiger partial charge in [-0.15, -0.1) is 0 Å². The lowest BCUT2D eigenvalue weighted by Crippen LogP contribution is -2.47. The molecule has 2 aromatic carbocycles. The molecule has 0 spiro atoms. The van der Waals surface area contributed by atoms with Crippen LogP contribution in [0, 0.1) is 0 Å². The Kier molecular flexibility index (Phi) is 7.77. The van der Waals surface area contributed by atoms with Gasteiger partial charge in [0, 0.05) is 14.8 Å². The lowest BCUT2D eigenvalue weighted by atomic mass is 9.95. The Morgan fingerprint density at radius 3 is 2.44 bits per heavy atom. The van der Waals surface area contributed by atoms with Crippen molar-refractivity contribution in [3.05, 3.63) is 53.1 Å². The number of phenolic OH excluding ortho intramolecular Hbond substituents is 1. The summed E-state index contributed by atoms with van der Waals surface area (Å²) >= 11 is 7.83. The molecule has 0 fully saturated rings. The monoisotopic (exact) mass is 431 g/mol. The molecule has 0 radical (unpaired) electrons. The molecule has 0 aliphatic heterocycles. The van der Waals surface area contributed by atoms with Crippen LogP contribution in [0.3, 0.4) is 0 Å². The van der Waals surface area contributed by atoms with Crippen molar-refractivity contribution < 1.29 is 24.6 Å². The number of hydrogen-bond donors (Lipinski definition) is 5. The number of aryl methyl sites for hydroxylation is 1. The zero-order valence-electron chi connectivity index (χ0n) is 14.6. The van der Waals surface area contributed by atoms with E-state index in [2.05, 4.69) is 0 Å². The van der Waals surface area contributed by atoms with Gasteiger partial charge in [0.25, 0.3) is 0 Å². The second-order valence-corrected chi connectivity index (χ2v) is 9.75. The molecule has 148 valence electrons. The number of benzene rings is 2. The van der Waals surface area contributed by atoms with Gasteiger partial charge < -0.3 is 25.7 Å². The summed E-state index contributed by atoms with van der Waals surface area (Å²) in [6, 6.07) is 12.6. The Morgan fingerprint density at radius 1 is 1.15 bits per heavy atom. The fourth-order valence-corrected chi connectivity index (χ4v) is 5.06. The normalized spacial score (nSPS) is 14.1. The summed E-state index contributed by atoms with van der Waals surface area (Å²) < 4.78 is 11.2. The quantitative estimate of drug-likeness (QED) is 0.385. The van der Waals surface area contributed by atoms with Gasteiger partial charge in [0.05, 0.1) is 18.3 Å². The molecule has 0 aliphatic rings. The van der Waals surface area contributed by atoms with Gasteiger partial charge in [-0.25, -0.2) is 0 Å². The summed E-state index contributed by atoms with van der Waals surface area (Å²) in [4.78, 5) is 20.0. The summed E-state index contributed by atoms with van der Waals surface area (Å²) in [7, 11) is -4.30. The molecule has 1 atom stereocenters. The predicted molar refractivity (Wildman–Crippen MR) is 108 cm³/mol. The molecule has 2 aromatic rings. The number of nitrogens with two attached hydrogens (primary N) is 1. The first-order chi connectivity index (χ1) is 12.6. The highest BCUT2D eigenvalue weighted by atomic mass is 35.5. The van der Waals surface area contributed by atoms with Crippen LogP contribution in [0.2, 0.25) is 5.02 Å². The van der Waals surface area contributed by atoms with Crippen LogP contribution in [0.1, 0.15) is 18.4 Å². The van der Waals surface area contributed by atoms with Crippen molar-refractivity contribution in [2.75, 3.05) is 12.8 Å². The maximum Gasteiger partial charge on any atom is 0.327 e. The summed E-state index contributed by atoms with van der Waals surface area (Å²) in [5, 5.41) is 19.5. The van der Waals surface area contributed by atoms with Crippen LogP contribution in [0.15, 0.2) is 52.3 Å². The molecule has 0 aromatic heterocycles. The van der Waals surface area contributed by atoms with Gasteiger partial charge in [-0.2, -0.15) is 0 Å². The van der Waals surface area contributed by atoms with Crippen LogP contribution in [-0.2, 0) is 11.0 Å². The minimum atomic E-state index is -4.30. The van der Waals surface area contributed by atoms with Crippen LogP contribution >= 0.6 is 31.0 Å². The molecule has 27 heavy (non-hydrogen) atoms. The molecule has 0 bridgehead atoms. The summed E-state index contributed by atoms with van der Waals surface area (Å²) in [5.41, 5.74) is 5.50. The Balaban J connectivity index is 1.96. The fourth-order valence-electron chi connectivity index (χ4n) is 2.73. The third kappa shape index (κ3) is 7.47. The molecular weight excluding hydrogens is 409 g/mol. The number of hydrogen-bond acceptors (Lipinski definition) is 5. The summed E-state index contributed by atoms with van der Waals surface area (Å²) in [6.45, 7) is -0.495. The van der Waals surface area contributed by atoms with Crippen molar-refractivity contribution in [3.8, 4) is 5.75 Å².